The summed E-state index contributed by atoms with van der Waals surface area (Å²) in [5.41, 5.74) is 3.41. The number of aryl methyl sites for hydroxylation is 1. The van der Waals surface area contributed by atoms with Crippen LogP contribution in [0.2, 0.25) is 0 Å². The maximum Gasteiger partial charge on any atom is 0.239 e. The van der Waals surface area contributed by atoms with Crippen LogP contribution in [0.3, 0.4) is 0 Å². The summed E-state index contributed by atoms with van der Waals surface area (Å²) in [5.74, 6) is 6.48. The maximum absolute atomic E-state index is 5.29. The highest BCUT2D eigenvalue weighted by Crippen LogP contribution is 2.13. The van der Waals surface area contributed by atoms with Crippen LogP contribution in [0.1, 0.15) is 12.5 Å². The molecule has 0 saturated heterocycles. The number of hydrogen-bond donors (Lipinski definition) is 3. The highest BCUT2D eigenvalue weighted by atomic mass is 15.3. The zero-order valence-electron chi connectivity index (χ0n) is 10.5. The third-order valence-electron chi connectivity index (χ3n) is 2.53. The van der Waals surface area contributed by atoms with Gasteiger partial charge in [-0.2, -0.15) is 4.98 Å². The molecule has 2 heterocycles. The van der Waals surface area contributed by atoms with Crippen molar-refractivity contribution in [3.05, 3.63) is 30.5 Å². The summed E-state index contributed by atoms with van der Waals surface area (Å²) in [6.07, 6.45) is 7.21. The van der Waals surface area contributed by atoms with Gasteiger partial charge in [-0.3, -0.25) is 5.43 Å². The van der Waals surface area contributed by atoms with Crippen LogP contribution in [-0.4, -0.2) is 25.6 Å². The van der Waals surface area contributed by atoms with Gasteiger partial charge in [0.2, 0.25) is 5.95 Å². The predicted molar refractivity (Wildman–Crippen MR) is 69.9 cm³/mol. The van der Waals surface area contributed by atoms with Crippen LogP contribution in [0.5, 0.6) is 0 Å². The van der Waals surface area contributed by atoms with Gasteiger partial charge in [0, 0.05) is 36.7 Å². The summed E-state index contributed by atoms with van der Waals surface area (Å²) in [7, 11) is 0. The molecule has 96 valence electrons. The molecule has 0 saturated carbocycles. The van der Waals surface area contributed by atoms with Gasteiger partial charge in [0.25, 0.3) is 0 Å². The second-order valence-electron chi connectivity index (χ2n) is 4.17. The molecule has 2 aromatic rings. The van der Waals surface area contributed by atoms with Gasteiger partial charge in [0.05, 0.1) is 6.33 Å². The summed E-state index contributed by atoms with van der Waals surface area (Å²) in [6, 6.07) is 0.221. The van der Waals surface area contributed by atoms with Gasteiger partial charge < -0.3 is 9.88 Å². The van der Waals surface area contributed by atoms with Crippen LogP contribution < -0.4 is 16.6 Å². The first-order chi connectivity index (χ1) is 8.69. The van der Waals surface area contributed by atoms with E-state index >= 15 is 0 Å². The van der Waals surface area contributed by atoms with E-state index in [0.717, 1.165) is 17.9 Å². The fourth-order valence-electron chi connectivity index (χ4n) is 1.65. The van der Waals surface area contributed by atoms with Crippen molar-refractivity contribution in [2.45, 2.75) is 26.4 Å². The minimum absolute atomic E-state index is 0.221. The zero-order chi connectivity index (χ0) is 13.0. The van der Waals surface area contributed by atoms with Crippen LogP contribution in [0.15, 0.2) is 24.9 Å². The van der Waals surface area contributed by atoms with Gasteiger partial charge >= 0.3 is 0 Å². The number of nitrogens with two attached hydrogens (primary N) is 1. The van der Waals surface area contributed by atoms with Gasteiger partial charge in [-0.05, 0) is 13.8 Å². The summed E-state index contributed by atoms with van der Waals surface area (Å²) in [6.45, 7) is 4.85. The van der Waals surface area contributed by atoms with Gasteiger partial charge in [-0.15, -0.1) is 0 Å². The second kappa shape index (κ2) is 5.46. The Balaban J connectivity index is 2.04. The monoisotopic (exact) mass is 247 g/mol. The molecular formula is C11H17N7. The van der Waals surface area contributed by atoms with Crippen LogP contribution in [0.4, 0.5) is 11.8 Å². The van der Waals surface area contributed by atoms with E-state index in [0.29, 0.717) is 5.95 Å². The van der Waals surface area contributed by atoms with E-state index in [1.54, 1.807) is 18.7 Å². The second-order valence-corrected chi connectivity index (χ2v) is 4.17. The standard InChI is InChI=1S/C11H17N7/c1-8-5-14-11(17-12)16-10(8)15-9(2)6-18-4-3-13-7-18/h3-5,7,9H,6,12H2,1-2H3,(H2,14,15,16,17). The van der Waals surface area contributed by atoms with E-state index < -0.39 is 0 Å². The van der Waals surface area contributed by atoms with Gasteiger partial charge in [-0.1, -0.05) is 0 Å². The van der Waals surface area contributed by atoms with E-state index in [9.17, 15) is 0 Å². The molecule has 0 bridgehead atoms. The highest BCUT2D eigenvalue weighted by molar-refractivity contribution is 5.46. The quantitative estimate of drug-likeness (QED) is 0.533. The molecule has 7 heteroatoms. The molecular weight excluding hydrogens is 230 g/mol. The molecule has 0 aliphatic carbocycles. The largest absolute Gasteiger partial charge is 0.365 e. The van der Waals surface area contributed by atoms with Crippen LogP contribution in [0, 0.1) is 6.92 Å². The number of anilines is 2. The Kier molecular flexibility index (Phi) is 3.73. The van der Waals surface area contributed by atoms with Gasteiger partial charge in [0.1, 0.15) is 5.82 Å². The van der Waals surface area contributed by atoms with Crippen LogP contribution in [-0.2, 0) is 6.54 Å². The first-order valence-electron chi connectivity index (χ1n) is 5.71. The van der Waals surface area contributed by atoms with Crippen molar-refractivity contribution in [3.63, 3.8) is 0 Å². The molecule has 0 fully saturated rings. The Hall–Kier alpha value is -2.15. The Morgan fingerprint density at radius 2 is 2.33 bits per heavy atom. The summed E-state index contributed by atoms with van der Waals surface area (Å²) in [4.78, 5) is 12.3. The number of nitrogen functional groups attached to an aromatic ring is 1. The molecule has 0 aromatic carbocycles. The summed E-state index contributed by atoms with van der Waals surface area (Å²) < 4.78 is 2.01. The average molecular weight is 247 g/mol. The lowest BCUT2D eigenvalue weighted by Gasteiger charge is -2.16. The Bertz CT molecular complexity index is 494. The summed E-state index contributed by atoms with van der Waals surface area (Å²) >= 11 is 0. The van der Waals surface area contributed by atoms with Crippen molar-refractivity contribution in [2.24, 2.45) is 5.84 Å². The first-order valence-corrected chi connectivity index (χ1v) is 5.71. The Morgan fingerprint density at radius 3 is 3.00 bits per heavy atom. The van der Waals surface area contributed by atoms with Crippen molar-refractivity contribution in [1.82, 2.24) is 19.5 Å². The molecule has 0 amide bonds. The number of aromatic nitrogens is 4. The zero-order valence-corrected chi connectivity index (χ0v) is 10.5. The number of rotatable bonds is 5. The molecule has 2 rings (SSSR count). The SMILES string of the molecule is Cc1cnc(NN)nc1NC(C)Cn1ccnc1. The molecule has 0 aliphatic heterocycles. The van der Waals surface area contributed by atoms with Gasteiger partial charge in [0.15, 0.2) is 0 Å². The summed E-state index contributed by atoms with van der Waals surface area (Å²) in [5, 5.41) is 3.33. The maximum atomic E-state index is 5.29. The number of hydrazine groups is 1. The molecule has 2 aromatic heterocycles. The number of hydrogen-bond acceptors (Lipinski definition) is 6. The lowest BCUT2D eigenvalue weighted by molar-refractivity contribution is 0.616. The van der Waals surface area contributed by atoms with Crippen molar-refractivity contribution < 1.29 is 0 Å². The van der Waals surface area contributed by atoms with E-state index in [4.69, 9.17) is 5.84 Å². The lowest BCUT2D eigenvalue weighted by Crippen LogP contribution is -2.23. The van der Waals surface area contributed by atoms with Crippen molar-refractivity contribution in [3.8, 4) is 0 Å². The minimum atomic E-state index is 0.221. The minimum Gasteiger partial charge on any atom is -0.365 e. The van der Waals surface area contributed by atoms with Crippen LogP contribution in [0.25, 0.3) is 0 Å². The van der Waals surface area contributed by atoms with Crippen LogP contribution >= 0.6 is 0 Å². The van der Waals surface area contributed by atoms with E-state index in [1.165, 1.54) is 0 Å². The smallest absolute Gasteiger partial charge is 0.239 e. The van der Waals surface area contributed by atoms with Crippen molar-refractivity contribution in [1.29, 1.82) is 0 Å². The molecule has 18 heavy (non-hydrogen) atoms. The predicted octanol–water partition coefficient (Wildman–Crippen LogP) is 0.768. The number of imidazole rings is 1. The van der Waals surface area contributed by atoms with E-state index in [-0.39, 0.29) is 6.04 Å². The Labute approximate surface area is 105 Å². The fourth-order valence-corrected chi connectivity index (χ4v) is 1.65. The molecule has 1 unspecified atom stereocenters. The normalized spacial score (nSPS) is 12.2. The Morgan fingerprint density at radius 1 is 1.50 bits per heavy atom. The fraction of sp³-hybridized carbons (Fsp3) is 0.364. The highest BCUT2D eigenvalue weighted by Gasteiger charge is 2.07. The van der Waals surface area contributed by atoms with E-state index in [1.807, 2.05) is 17.7 Å². The van der Waals surface area contributed by atoms with Crippen molar-refractivity contribution in [2.75, 3.05) is 10.7 Å². The number of nitrogens with zero attached hydrogens (tertiary/aromatic N) is 4. The molecule has 0 aliphatic rings. The molecule has 0 radical (unpaired) electrons. The van der Waals surface area contributed by atoms with E-state index in [2.05, 4.69) is 32.6 Å². The third kappa shape index (κ3) is 2.95. The topological polar surface area (TPSA) is 93.7 Å². The average Bonchev–Trinajstić information content (AvgIpc) is 2.84. The third-order valence-corrected chi connectivity index (χ3v) is 2.53. The molecule has 7 nitrogen and oxygen atoms in total. The number of nitrogens with one attached hydrogen (secondary N) is 2. The lowest BCUT2D eigenvalue weighted by atomic mass is 10.3. The molecule has 4 N–H and O–H groups in total. The first kappa shape index (κ1) is 12.3. The van der Waals surface area contributed by atoms with Crippen molar-refractivity contribution >= 4 is 11.8 Å². The molecule has 1 atom stereocenters. The van der Waals surface area contributed by atoms with Gasteiger partial charge in [-0.25, -0.2) is 15.8 Å². The molecule has 0 spiro atoms.